The van der Waals surface area contributed by atoms with Crippen LogP contribution >= 0.6 is 0 Å². The molecule has 0 spiro atoms. The molecule has 0 bridgehead atoms. The van der Waals surface area contributed by atoms with Crippen LogP contribution in [-0.4, -0.2) is 19.6 Å². The van der Waals surface area contributed by atoms with Crippen LogP contribution in [0.2, 0.25) is 18.1 Å². The summed E-state index contributed by atoms with van der Waals surface area (Å²) in [6, 6.07) is 0. The van der Waals surface area contributed by atoms with Crippen molar-refractivity contribution in [3.8, 4) is 0 Å². The van der Waals surface area contributed by atoms with Crippen molar-refractivity contribution in [1.82, 2.24) is 4.98 Å². The summed E-state index contributed by atoms with van der Waals surface area (Å²) in [5, 5.41) is 0.162. The molecule has 0 aromatic carbocycles. The molecule has 3 nitrogen and oxygen atoms in total. The second kappa shape index (κ2) is 6.80. The van der Waals surface area contributed by atoms with Crippen molar-refractivity contribution in [1.29, 1.82) is 0 Å². The van der Waals surface area contributed by atoms with Gasteiger partial charge in [0.1, 0.15) is 0 Å². The lowest BCUT2D eigenvalue weighted by Gasteiger charge is -2.45. The van der Waals surface area contributed by atoms with E-state index in [1.54, 1.807) is 0 Å². The molecule has 3 rings (SSSR count). The largest absolute Gasteiger partial charge is 0.410 e. The van der Waals surface area contributed by atoms with E-state index < -0.39 is 8.32 Å². The van der Waals surface area contributed by atoms with Crippen molar-refractivity contribution in [2.75, 3.05) is 0 Å². The molecule has 4 heteroatoms. The monoisotopic (exact) mass is 387 g/mol. The topological polar surface area (TPSA) is 39.2 Å². The Hall–Kier alpha value is -1.00. The van der Waals surface area contributed by atoms with E-state index in [-0.39, 0.29) is 16.6 Å². The molecule has 0 amide bonds. The Morgan fingerprint density at radius 3 is 2.33 bits per heavy atom. The Kier molecular flexibility index (Phi) is 5.22. The summed E-state index contributed by atoms with van der Waals surface area (Å²) >= 11 is 0. The zero-order chi connectivity index (χ0) is 20.2. The van der Waals surface area contributed by atoms with Crippen molar-refractivity contribution < 1.29 is 9.22 Å². The highest BCUT2D eigenvalue weighted by Crippen LogP contribution is 2.49. The van der Waals surface area contributed by atoms with Crippen LogP contribution in [0, 0.1) is 12.3 Å². The highest BCUT2D eigenvalue weighted by Gasteiger charge is 2.44. The summed E-state index contributed by atoms with van der Waals surface area (Å²) in [5.74, 6) is 0.471. The third-order valence-electron chi connectivity index (χ3n) is 7.21. The molecule has 2 aliphatic rings. The Morgan fingerprint density at radius 1 is 1.22 bits per heavy atom. The first-order valence-electron chi connectivity index (χ1n) is 10.5. The predicted octanol–water partition coefficient (Wildman–Crippen LogP) is 6.51. The molecular formula is C23H37NO2Si. The standard InChI is InChI=1S/C23H37NO2Si/c1-15-17(14-25)21(16-10-9-11-16)24-18-12-23(5,6)13-19(20(15)18)26-27(7,8)22(2,3)4/h14,16,19H,9-13H2,1-8H3. The van der Waals surface area contributed by atoms with E-state index in [4.69, 9.17) is 9.41 Å². The van der Waals surface area contributed by atoms with Gasteiger partial charge in [0, 0.05) is 22.7 Å². The second-order valence-electron chi connectivity index (χ2n) is 11.1. The maximum atomic E-state index is 12.0. The first kappa shape index (κ1) is 20.7. The van der Waals surface area contributed by atoms with Crippen molar-refractivity contribution >= 4 is 14.6 Å². The molecule has 2 aliphatic carbocycles. The van der Waals surface area contributed by atoms with Crippen LogP contribution in [0.3, 0.4) is 0 Å². The van der Waals surface area contributed by atoms with Gasteiger partial charge in [0.15, 0.2) is 14.6 Å². The van der Waals surface area contributed by atoms with Crippen LogP contribution in [0.5, 0.6) is 0 Å². The molecule has 150 valence electrons. The minimum Gasteiger partial charge on any atom is -0.410 e. The van der Waals surface area contributed by atoms with Gasteiger partial charge in [0.05, 0.1) is 11.8 Å². The number of pyridine rings is 1. The van der Waals surface area contributed by atoms with Gasteiger partial charge in [0.2, 0.25) is 0 Å². The molecule has 1 fully saturated rings. The van der Waals surface area contributed by atoms with Gasteiger partial charge in [-0.15, -0.1) is 0 Å². The summed E-state index contributed by atoms with van der Waals surface area (Å²) in [5.41, 5.74) is 5.57. The maximum Gasteiger partial charge on any atom is 0.192 e. The quantitative estimate of drug-likeness (QED) is 0.437. The molecule has 1 aromatic rings. The van der Waals surface area contributed by atoms with E-state index in [0.29, 0.717) is 5.92 Å². The summed E-state index contributed by atoms with van der Waals surface area (Å²) in [7, 11) is -1.92. The fourth-order valence-corrected chi connectivity index (χ4v) is 5.55. The Labute approximate surface area is 166 Å². The zero-order valence-electron chi connectivity index (χ0n) is 18.5. The minimum absolute atomic E-state index is 0.0475. The summed E-state index contributed by atoms with van der Waals surface area (Å²) < 4.78 is 6.91. The third kappa shape index (κ3) is 3.80. The molecule has 1 unspecified atom stereocenters. The second-order valence-corrected chi connectivity index (χ2v) is 15.8. The first-order chi connectivity index (χ1) is 12.4. The highest BCUT2D eigenvalue weighted by atomic mass is 28.4. The van der Waals surface area contributed by atoms with Gasteiger partial charge in [-0.3, -0.25) is 9.78 Å². The van der Waals surface area contributed by atoms with E-state index in [1.807, 2.05) is 0 Å². The van der Waals surface area contributed by atoms with Crippen LogP contribution in [0.25, 0.3) is 0 Å². The van der Waals surface area contributed by atoms with Gasteiger partial charge in [-0.1, -0.05) is 41.0 Å². The average Bonchev–Trinajstić information content (AvgIpc) is 2.42. The van der Waals surface area contributed by atoms with Crippen molar-refractivity contribution in [2.45, 2.75) is 104 Å². The third-order valence-corrected chi connectivity index (χ3v) is 11.7. The molecular weight excluding hydrogens is 350 g/mol. The number of fused-ring (bicyclic) bond motifs is 1. The smallest absolute Gasteiger partial charge is 0.192 e. The van der Waals surface area contributed by atoms with Gasteiger partial charge in [-0.05, 0) is 61.7 Å². The Balaban J connectivity index is 2.10. The minimum atomic E-state index is -1.92. The van der Waals surface area contributed by atoms with E-state index in [0.717, 1.165) is 35.9 Å². The van der Waals surface area contributed by atoms with E-state index in [9.17, 15) is 4.79 Å². The predicted molar refractivity (Wildman–Crippen MR) is 114 cm³/mol. The van der Waals surface area contributed by atoms with Gasteiger partial charge < -0.3 is 4.43 Å². The lowest BCUT2D eigenvalue weighted by Crippen LogP contribution is -2.44. The molecule has 1 heterocycles. The van der Waals surface area contributed by atoms with E-state index in [2.05, 4.69) is 54.6 Å². The molecule has 1 atom stereocenters. The maximum absolute atomic E-state index is 12.0. The molecule has 1 aromatic heterocycles. The fourth-order valence-electron chi connectivity index (χ4n) is 4.29. The van der Waals surface area contributed by atoms with E-state index >= 15 is 0 Å². The molecule has 0 aliphatic heterocycles. The van der Waals surface area contributed by atoms with Gasteiger partial charge >= 0.3 is 0 Å². The summed E-state index contributed by atoms with van der Waals surface area (Å²) in [6.45, 7) is 18.3. The molecule has 0 saturated heterocycles. The Bertz CT molecular complexity index is 742. The lowest BCUT2D eigenvalue weighted by molar-refractivity contribution is 0.104. The van der Waals surface area contributed by atoms with Crippen LogP contribution in [0.4, 0.5) is 0 Å². The molecule has 1 saturated carbocycles. The van der Waals surface area contributed by atoms with Crippen molar-refractivity contribution in [2.24, 2.45) is 5.41 Å². The van der Waals surface area contributed by atoms with Crippen molar-refractivity contribution in [3.05, 3.63) is 28.1 Å². The number of nitrogens with zero attached hydrogens (tertiary/aromatic N) is 1. The van der Waals surface area contributed by atoms with E-state index in [1.165, 1.54) is 30.5 Å². The van der Waals surface area contributed by atoms with Crippen LogP contribution in [0.15, 0.2) is 0 Å². The van der Waals surface area contributed by atoms with Gasteiger partial charge in [-0.2, -0.15) is 0 Å². The van der Waals surface area contributed by atoms with Crippen LogP contribution < -0.4 is 0 Å². The molecule has 0 N–H and O–H groups in total. The number of carbonyl (C=O) groups excluding carboxylic acids is 1. The number of hydrogen-bond donors (Lipinski definition) is 0. The average molecular weight is 388 g/mol. The van der Waals surface area contributed by atoms with Crippen LogP contribution in [-0.2, 0) is 10.8 Å². The first-order valence-corrected chi connectivity index (χ1v) is 13.4. The lowest BCUT2D eigenvalue weighted by atomic mass is 9.72. The SMILES string of the molecule is Cc1c(C=O)c(C2CCC2)nc2c1C(O[Si](C)(C)C(C)(C)C)CC(C)(C)C2. The number of aromatic nitrogens is 1. The Morgan fingerprint density at radius 2 is 1.85 bits per heavy atom. The summed E-state index contributed by atoms with van der Waals surface area (Å²) in [6.07, 6.45) is 6.64. The number of carbonyl (C=O) groups is 1. The van der Waals surface area contributed by atoms with Crippen molar-refractivity contribution in [3.63, 3.8) is 0 Å². The fraction of sp³-hybridized carbons (Fsp3) is 0.739. The van der Waals surface area contributed by atoms with Gasteiger partial charge in [0.25, 0.3) is 0 Å². The van der Waals surface area contributed by atoms with Crippen LogP contribution in [0.1, 0.15) is 105 Å². The number of rotatable bonds is 4. The number of aldehydes is 1. The number of hydrogen-bond acceptors (Lipinski definition) is 3. The highest BCUT2D eigenvalue weighted by molar-refractivity contribution is 6.74. The zero-order valence-corrected chi connectivity index (χ0v) is 19.5. The molecule has 0 radical (unpaired) electrons. The normalized spacial score (nSPS) is 22.9. The molecule has 27 heavy (non-hydrogen) atoms. The summed E-state index contributed by atoms with van der Waals surface area (Å²) in [4.78, 5) is 17.1. The van der Waals surface area contributed by atoms with Gasteiger partial charge in [-0.25, -0.2) is 0 Å².